The zero-order valence-corrected chi connectivity index (χ0v) is 33.7. The van der Waals surface area contributed by atoms with E-state index in [1.807, 2.05) is 84.9 Å². The van der Waals surface area contributed by atoms with E-state index in [1.165, 1.54) is 0 Å². The minimum absolute atomic E-state index is 0.00753. The smallest absolute Gasteiger partial charge is 0.408 e. The van der Waals surface area contributed by atoms with E-state index in [-0.39, 0.29) is 38.9 Å². The molecule has 0 saturated heterocycles. The second-order valence-electron chi connectivity index (χ2n) is 14.5. The molecule has 0 fully saturated rings. The summed E-state index contributed by atoms with van der Waals surface area (Å²) in [5.41, 5.74) is 20.5. The molecule has 4 aromatic rings. The Bertz CT molecular complexity index is 1890. The van der Waals surface area contributed by atoms with Crippen LogP contribution in [0.3, 0.4) is 0 Å². The Morgan fingerprint density at radius 2 is 0.966 bits per heavy atom. The van der Waals surface area contributed by atoms with Gasteiger partial charge in [0, 0.05) is 23.5 Å². The van der Waals surface area contributed by atoms with E-state index in [9.17, 15) is 24.0 Å². The van der Waals surface area contributed by atoms with Gasteiger partial charge in [-0.15, -0.1) is 0 Å². The molecule has 11 N–H and O–H groups in total. The fourth-order valence-electron chi connectivity index (χ4n) is 6.55. The van der Waals surface area contributed by atoms with Crippen LogP contribution in [0.1, 0.15) is 74.5 Å². The minimum Gasteiger partial charge on any atom is -0.459 e. The number of hydrogen-bond donors (Lipinski definition) is 8. The SMILES string of the molecule is NCCCC[C@@H](NC(=O)OCc1ccccc1)C(=O)N[C@H](CCCCN)C(=O)N[C@H](CCCCN)C(=O)N[C@H](Cc1c[nH]c2ccccc12)C(=O)OCc1ccccc1. The predicted octanol–water partition coefficient (Wildman–Crippen LogP) is 3.59. The third-order valence-electron chi connectivity index (χ3n) is 9.85. The van der Waals surface area contributed by atoms with Gasteiger partial charge >= 0.3 is 12.1 Å². The van der Waals surface area contributed by atoms with E-state index < -0.39 is 54.0 Å². The fourth-order valence-corrected chi connectivity index (χ4v) is 6.55. The summed E-state index contributed by atoms with van der Waals surface area (Å²) in [6, 6.07) is 21.7. The molecule has 0 unspecified atom stereocenters. The topological polar surface area (TPSA) is 246 Å². The first kappa shape index (κ1) is 45.9. The van der Waals surface area contributed by atoms with Crippen LogP contribution >= 0.6 is 0 Å². The van der Waals surface area contributed by atoms with E-state index in [4.69, 9.17) is 26.7 Å². The molecule has 59 heavy (non-hydrogen) atoms. The van der Waals surface area contributed by atoms with Crippen LogP contribution in [-0.4, -0.2) is 78.6 Å². The van der Waals surface area contributed by atoms with E-state index in [0.717, 1.165) is 27.6 Å². The van der Waals surface area contributed by atoms with Crippen LogP contribution in [0.4, 0.5) is 4.79 Å². The number of nitrogens with one attached hydrogen (secondary N) is 5. The number of aromatic nitrogens is 1. The minimum atomic E-state index is -1.10. The summed E-state index contributed by atoms with van der Waals surface area (Å²) in [6.07, 6.45) is 5.15. The number of rotatable bonds is 26. The number of unbranched alkanes of at least 4 members (excludes halogenated alkanes) is 3. The molecule has 0 aliphatic carbocycles. The molecule has 4 rings (SSSR count). The van der Waals surface area contributed by atoms with Gasteiger partial charge in [-0.25, -0.2) is 9.59 Å². The highest BCUT2D eigenvalue weighted by Crippen LogP contribution is 2.20. The standard InChI is InChI=1S/C44H60N8O7/c45-24-12-9-21-36(50-42(55)38(23-11-14-26-47)52-44(57)59-30-32-17-5-2-6-18-32)40(53)49-37(22-10-13-25-46)41(54)51-39(43(56)58-29-31-15-3-1-4-16-31)27-33-28-48-35-20-8-7-19-34(33)35/h1-8,15-20,28,36-39,48H,9-14,21-27,29-30,45-47H2,(H,49,53)(H,50,55)(H,51,54)(H,52,57)/t36-,37-,38-,39-/m1/s1. The maximum Gasteiger partial charge on any atom is 0.408 e. The number of alkyl carbamates (subject to hydrolysis) is 1. The summed E-state index contributed by atoms with van der Waals surface area (Å²) in [4.78, 5) is 71.8. The molecule has 4 amide bonds. The second-order valence-corrected chi connectivity index (χ2v) is 14.5. The summed E-state index contributed by atoms with van der Waals surface area (Å²) in [6.45, 7) is 1.17. The third kappa shape index (κ3) is 15.8. The molecular formula is C44H60N8O7. The van der Waals surface area contributed by atoms with Crippen LogP contribution in [-0.2, 0) is 48.3 Å². The van der Waals surface area contributed by atoms with E-state index in [1.54, 1.807) is 6.20 Å². The number of fused-ring (bicyclic) bond motifs is 1. The molecule has 15 heteroatoms. The molecule has 15 nitrogen and oxygen atoms in total. The zero-order chi connectivity index (χ0) is 42.2. The van der Waals surface area contributed by atoms with Gasteiger partial charge in [0.15, 0.2) is 0 Å². The largest absolute Gasteiger partial charge is 0.459 e. The Labute approximate surface area is 345 Å². The normalized spacial score (nSPS) is 13.1. The number of benzene rings is 3. The van der Waals surface area contributed by atoms with Gasteiger partial charge in [0.1, 0.15) is 37.4 Å². The van der Waals surface area contributed by atoms with E-state index in [2.05, 4.69) is 26.3 Å². The predicted molar refractivity (Wildman–Crippen MR) is 226 cm³/mol. The summed E-state index contributed by atoms with van der Waals surface area (Å²) < 4.78 is 11.1. The average Bonchev–Trinajstić information content (AvgIpc) is 3.66. The molecule has 4 atom stereocenters. The number of carbonyl (C=O) groups excluding carboxylic acids is 5. The summed E-state index contributed by atoms with van der Waals surface area (Å²) in [5, 5.41) is 12.1. The number of nitrogens with two attached hydrogens (primary N) is 3. The Hall–Kier alpha value is -5.77. The number of carbonyl (C=O) groups is 5. The first-order valence-electron chi connectivity index (χ1n) is 20.5. The number of aromatic amines is 1. The summed E-state index contributed by atoms with van der Waals surface area (Å²) in [7, 11) is 0. The third-order valence-corrected chi connectivity index (χ3v) is 9.85. The van der Waals surface area contributed by atoms with Crippen molar-refractivity contribution in [2.75, 3.05) is 19.6 Å². The first-order valence-corrected chi connectivity index (χ1v) is 20.5. The second kappa shape index (κ2) is 25.6. The molecule has 0 radical (unpaired) electrons. The van der Waals surface area contributed by atoms with Gasteiger partial charge in [-0.05, 0) is 100 Å². The van der Waals surface area contributed by atoms with E-state index >= 15 is 0 Å². The molecule has 0 aliphatic rings. The molecule has 3 aromatic carbocycles. The van der Waals surface area contributed by atoms with Crippen molar-refractivity contribution in [2.45, 2.75) is 102 Å². The molecule has 1 aromatic heterocycles. The summed E-state index contributed by atoms with van der Waals surface area (Å²) in [5.74, 6) is -2.42. The van der Waals surface area contributed by atoms with Crippen LogP contribution < -0.4 is 38.5 Å². The van der Waals surface area contributed by atoms with E-state index in [0.29, 0.717) is 58.2 Å². The first-order chi connectivity index (χ1) is 28.7. The monoisotopic (exact) mass is 812 g/mol. The van der Waals surface area contributed by atoms with Gasteiger partial charge in [-0.2, -0.15) is 0 Å². The van der Waals surface area contributed by atoms with Crippen molar-refractivity contribution >= 4 is 40.7 Å². The summed E-state index contributed by atoms with van der Waals surface area (Å²) >= 11 is 0. The van der Waals surface area contributed by atoms with Crippen molar-refractivity contribution < 1.29 is 33.4 Å². The van der Waals surface area contributed by atoms with Gasteiger partial charge in [-0.1, -0.05) is 78.9 Å². The maximum absolute atomic E-state index is 14.2. The number of hydrogen-bond acceptors (Lipinski definition) is 10. The fraction of sp³-hybridized carbons (Fsp3) is 0.432. The lowest BCUT2D eigenvalue weighted by molar-refractivity contribution is -0.149. The number of para-hydroxylation sites is 1. The quantitative estimate of drug-likeness (QED) is 0.0338. The van der Waals surface area contributed by atoms with Crippen LogP contribution in [0, 0.1) is 0 Å². The van der Waals surface area contributed by atoms with Crippen LogP contribution in [0.2, 0.25) is 0 Å². The Kier molecular flexibility index (Phi) is 19.9. The lowest BCUT2D eigenvalue weighted by Gasteiger charge is -2.26. The van der Waals surface area contributed by atoms with Gasteiger partial charge in [-0.3, -0.25) is 14.4 Å². The van der Waals surface area contributed by atoms with Gasteiger partial charge < -0.3 is 52.9 Å². The highest BCUT2D eigenvalue weighted by Gasteiger charge is 2.32. The van der Waals surface area contributed by atoms with Gasteiger partial charge in [0.2, 0.25) is 17.7 Å². The lowest BCUT2D eigenvalue weighted by atomic mass is 10.0. The molecule has 318 valence electrons. The molecule has 1 heterocycles. The lowest BCUT2D eigenvalue weighted by Crippen LogP contribution is -2.58. The highest BCUT2D eigenvalue weighted by atomic mass is 16.5. The Morgan fingerprint density at radius 1 is 0.525 bits per heavy atom. The van der Waals surface area contributed by atoms with Gasteiger partial charge in [0.25, 0.3) is 0 Å². The van der Waals surface area contributed by atoms with Crippen LogP contribution in [0.5, 0.6) is 0 Å². The average molecular weight is 813 g/mol. The van der Waals surface area contributed by atoms with Crippen LogP contribution in [0.15, 0.2) is 91.1 Å². The molecule has 0 bridgehead atoms. The zero-order valence-electron chi connectivity index (χ0n) is 33.7. The molecule has 0 spiro atoms. The molecular weight excluding hydrogens is 753 g/mol. The van der Waals surface area contributed by atoms with Crippen molar-refractivity contribution in [1.82, 2.24) is 26.3 Å². The van der Waals surface area contributed by atoms with Crippen molar-refractivity contribution in [3.8, 4) is 0 Å². The van der Waals surface area contributed by atoms with Crippen molar-refractivity contribution in [3.63, 3.8) is 0 Å². The molecule has 0 saturated carbocycles. The Balaban J connectivity index is 1.51. The molecule has 0 aliphatic heterocycles. The number of ether oxygens (including phenoxy) is 2. The van der Waals surface area contributed by atoms with Crippen molar-refractivity contribution in [2.24, 2.45) is 17.2 Å². The number of esters is 1. The number of H-pyrrole nitrogens is 1. The number of amides is 4. The highest BCUT2D eigenvalue weighted by molar-refractivity contribution is 5.95. The van der Waals surface area contributed by atoms with Gasteiger partial charge in [0.05, 0.1) is 0 Å². The van der Waals surface area contributed by atoms with Crippen LogP contribution in [0.25, 0.3) is 10.9 Å². The van der Waals surface area contributed by atoms with Crippen molar-refractivity contribution in [1.29, 1.82) is 0 Å². The van der Waals surface area contributed by atoms with Crippen molar-refractivity contribution in [3.05, 3.63) is 108 Å². The maximum atomic E-state index is 14.2. The Morgan fingerprint density at radius 3 is 1.47 bits per heavy atom.